The van der Waals surface area contributed by atoms with Crippen LogP contribution in [0, 0.1) is 6.92 Å². The Labute approximate surface area is 137 Å². The molecule has 2 N–H and O–H groups in total. The van der Waals surface area contributed by atoms with E-state index in [0.717, 1.165) is 24.2 Å². The fourth-order valence-corrected chi connectivity index (χ4v) is 3.49. The molecule has 0 radical (unpaired) electrons. The van der Waals surface area contributed by atoms with Crippen LogP contribution in [-0.2, 0) is 5.54 Å². The van der Waals surface area contributed by atoms with Crippen LogP contribution in [0.4, 0.5) is 5.82 Å². The molecule has 0 spiro atoms. The molecule has 1 aromatic carbocycles. The Morgan fingerprint density at radius 3 is 2.50 bits per heavy atom. The first-order chi connectivity index (χ1) is 10.7. The molecule has 0 saturated heterocycles. The molecule has 0 bridgehead atoms. The summed E-state index contributed by atoms with van der Waals surface area (Å²) < 4.78 is 0. The van der Waals surface area contributed by atoms with Gasteiger partial charge in [-0.05, 0) is 49.2 Å². The van der Waals surface area contributed by atoms with E-state index >= 15 is 0 Å². The van der Waals surface area contributed by atoms with Gasteiger partial charge in [0.05, 0.1) is 5.54 Å². The highest BCUT2D eigenvalue weighted by Crippen LogP contribution is 2.38. The minimum atomic E-state index is -0.0476. The maximum absolute atomic E-state index is 5.54. The molecule has 114 valence electrons. The molecule has 22 heavy (non-hydrogen) atoms. The van der Waals surface area contributed by atoms with Crippen LogP contribution >= 0.6 is 12.2 Å². The van der Waals surface area contributed by atoms with Crippen LogP contribution in [0.1, 0.15) is 36.8 Å². The van der Waals surface area contributed by atoms with E-state index in [0.29, 0.717) is 5.11 Å². The van der Waals surface area contributed by atoms with Gasteiger partial charge in [-0.2, -0.15) is 0 Å². The third-order valence-electron chi connectivity index (χ3n) is 4.38. The van der Waals surface area contributed by atoms with Crippen molar-refractivity contribution in [3.05, 3.63) is 59.8 Å². The maximum Gasteiger partial charge on any atom is 0.172 e. The highest BCUT2D eigenvalue weighted by Gasteiger charge is 2.36. The van der Waals surface area contributed by atoms with E-state index in [1.807, 2.05) is 19.1 Å². The van der Waals surface area contributed by atoms with E-state index in [1.54, 1.807) is 6.20 Å². The van der Waals surface area contributed by atoms with Gasteiger partial charge in [0.2, 0.25) is 0 Å². The van der Waals surface area contributed by atoms with Crippen molar-refractivity contribution in [2.75, 3.05) is 5.32 Å². The Hall–Kier alpha value is -1.94. The smallest absolute Gasteiger partial charge is 0.172 e. The molecule has 2 aromatic rings. The van der Waals surface area contributed by atoms with Crippen LogP contribution in [0.3, 0.4) is 0 Å². The largest absolute Gasteiger partial charge is 0.353 e. The summed E-state index contributed by atoms with van der Waals surface area (Å²) in [5, 5.41) is 7.45. The molecule has 4 heteroatoms. The van der Waals surface area contributed by atoms with Crippen molar-refractivity contribution < 1.29 is 0 Å². The third-order valence-corrected chi connectivity index (χ3v) is 4.58. The molecule has 1 aromatic heterocycles. The zero-order valence-electron chi connectivity index (χ0n) is 12.8. The second-order valence-corrected chi connectivity index (χ2v) is 6.31. The molecule has 1 heterocycles. The van der Waals surface area contributed by atoms with E-state index in [1.165, 1.54) is 18.4 Å². The fourth-order valence-electron chi connectivity index (χ4n) is 3.19. The zero-order chi connectivity index (χ0) is 15.4. The van der Waals surface area contributed by atoms with Gasteiger partial charge in [0.1, 0.15) is 5.82 Å². The summed E-state index contributed by atoms with van der Waals surface area (Å²) in [7, 11) is 0. The first-order valence-electron chi connectivity index (χ1n) is 7.76. The molecular formula is C18H21N3S. The standard InChI is InChI=1S/C18H21N3S/c1-14-8-7-13-19-16(14)20-17(22)21-18(11-5-6-12-18)15-9-3-2-4-10-15/h2-4,7-10,13H,5-6,11-12H2,1H3,(H2,19,20,21,22). The molecule has 0 atom stereocenters. The fraction of sp³-hybridized carbons (Fsp3) is 0.333. The van der Waals surface area contributed by atoms with Crippen molar-refractivity contribution in [1.82, 2.24) is 10.3 Å². The Morgan fingerprint density at radius 1 is 1.09 bits per heavy atom. The Balaban J connectivity index is 1.77. The number of anilines is 1. The maximum atomic E-state index is 5.54. The molecule has 1 saturated carbocycles. The first-order valence-corrected chi connectivity index (χ1v) is 8.17. The average molecular weight is 311 g/mol. The van der Waals surface area contributed by atoms with Crippen LogP contribution in [0.15, 0.2) is 48.7 Å². The van der Waals surface area contributed by atoms with Gasteiger partial charge in [-0.25, -0.2) is 4.98 Å². The number of aromatic nitrogens is 1. The van der Waals surface area contributed by atoms with Gasteiger partial charge in [0.15, 0.2) is 5.11 Å². The minimum absolute atomic E-state index is 0.0476. The van der Waals surface area contributed by atoms with Crippen LogP contribution < -0.4 is 10.6 Å². The SMILES string of the molecule is Cc1cccnc1NC(=S)NC1(c2ccccc2)CCCC1. The van der Waals surface area contributed by atoms with Crippen molar-refractivity contribution in [2.45, 2.75) is 38.1 Å². The number of benzene rings is 1. The summed E-state index contributed by atoms with van der Waals surface area (Å²) in [6, 6.07) is 14.6. The van der Waals surface area contributed by atoms with Crippen LogP contribution in [-0.4, -0.2) is 10.1 Å². The molecular weight excluding hydrogens is 290 g/mol. The molecule has 1 aliphatic carbocycles. The number of hydrogen-bond donors (Lipinski definition) is 2. The van der Waals surface area contributed by atoms with Crippen molar-refractivity contribution >= 4 is 23.1 Å². The first kappa shape index (κ1) is 15.0. The van der Waals surface area contributed by atoms with Gasteiger partial charge in [0.25, 0.3) is 0 Å². The van der Waals surface area contributed by atoms with E-state index in [-0.39, 0.29) is 5.54 Å². The van der Waals surface area contributed by atoms with Gasteiger partial charge in [-0.3, -0.25) is 0 Å². The second kappa shape index (κ2) is 6.44. The molecule has 0 amide bonds. The van der Waals surface area contributed by atoms with Crippen LogP contribution in [0.5, 0.6) is 0 Å². The number of pyridine rings is 1. The Bertz CT molecular complexity index is 648. The van der Waals surface area contributed by atoms with Crippen molar-refractivity contribution in [3.8, 4) is 0 Å². The summed E-state index contributed by atoms with van der Waals surface area (Å²) in [5.41, 5.74) is 2.36. The molecule has 1 aliphatic rings. The second-order valence-electron chi connectivity index (χ2n) is 5.90. The molecule has 3 nitrogen and oxygen atoms in total. The highest BCUT2D eigenvalue weighted by atomic mass is 32.1. The number of thiocarbonyl (C=S) groups is 1. The Kier molecular flexibility index (Phi) is 4.39. The summed E-state index contributed by atoms with van der Waals surface area (Å²) in [6.45, 7) is 2.03. The molecule has 0 unspecified atom stereocenters. The summed E-state index contributed by atoms with van der Waals surface area (Å²) in [6.07, 6.45) is 6.46. The van der Waals surface area contributed by atoms with Gasteiger partial charge in [-0.1, -0.05) is 49.2 Å². The van der Waals surface area contributed by atoms with Crippen LogP contribution in [0.25, 0.3) is 0 Å². The van der Waals surface area contributed by atoms with Gasteiger partial charge < -0.3 is 10.6 Å². The Morgan fingerprint density at radius 2 is 1.82 bits per heavy atom. The summed E-state index contributed by atoms with van der Waals surface area (Å²) >= 11 is 5.54. The normalized spacial score (nSPS) is 16.2. The predicted octanol–water partition coefficient (Wildman–Crippen LogP) is 4.15. The number of hydrogen-bond acceptors (Lipinski definition) is 2. The van der Waals surface area contributed by atoms with Gasteiger partial charge >= 0.3 is 0 Å². The highest BCUT2D eigenvalue weighted by molar-refractivity contribution is 7.80. The van der Waals surface area contributed by atoms with E-state index in [9.17, 15) is 0 Å². The van der Waals surface area contributed by atoms with Crippen molar-refractivity contribution in [3.63, 3.8) is 0 Å². The van der Waals surface area contributed by atoms with Crippen molar-refractivity contribution in [2.24, 2.45) is 0 Å². The van der Waals surface area contributed by atoms with Crippen LogP contribution in [0.2, 0.25) is 0 Å². The summed E-state index contributed by atoms with van der Waals surface area (Å²) in [4.78, 5) is 4.35. The predicted molar refractivity (Wildman–Crippen MR) is 94.9 cm³/mol. The zero-order valence-corrected chi connectivity index (χ0v) is 13.6. The van der Waals surface area contributed by atoms with E-state index in [4.69, 9.17) is 12.2 Å². The van der Waals surface area contributed by atoms with E-state index < -0.39 is 0 Å². The number of aryl methyl sites for hydroxylation is 1. The lowest BCUT2D eigenvalue weighted by atomic mass is 9.88. The molecule has 1 fully saturated rings. The number of nitrogens with zero attached hydrogens (tertiary/aromatic N) is 1. The number of nitrogens with one attached hydrogen (secondary N) is 2. The number of rotatable bonds is 3. The lowest BCUT2D eigenvalue weighted by Gasteiger charge is -2.32. The lowest BCUT2D eigenvalue weighted by molar-refractivity contribution is 0.408. The third kappa shape index (κ3) is 3.12. The quantitative estimate of drug-likeness (QED) is 0.835. The summed E-state index contributed by atoms with van der Waals surface area (Å²) in [5.74, 6) is 0.821. The van der Waals surface area contributed by atoms with Gasteiger partial charge in [-0.15, -0.1) is 0 Å². The minimum Gasteiger partial charge on any atom is -0.353 e. The van der Waals surface area contributed by atoms with Crippen molar-refractivity contribution in [1.29, 1.82) is 0 Å². The monoisotopic (exact) mass is 311 g/mol. The molecule has 3 rings (SSSR count). The molecule has 0 aliphatic heterocycles. The average Bonchev–Trinajstić information content (AvgIpc) is 3.00. The topological polar surface area (TPSA) is 37.0 Å². The van der Waals surface area contributed by atoms with Gasteiger partial charge in [0, 0.05) is 6.20 Å². The van der Waals surface area contributed by atoms with E-state index in [2.05, 4.69) is 45.9 Å². The lowest BCUT2D eigenvalue weighted by Crippen LogP contribution is -2.45.